The second-order valence-electron chi connectivity index (χ2n) is 3.53. The third-order valence-corrected chi connectivity index (χ3v) is 2.41. The van der Waals surface area contributed by atoms with Crippen molar-refractivity contribution in [2.75, 3.05) is 18.4 Å². The van der Waals surface area contributed by atoms with Crippen LogP contribution in [0.1, 0.15) is 10.4 Å². The minimum Gasteiger partial charge on any atom is -0.366 e. The molecule has 1 aromatic rings. The molecule has 0 aliphatic carbocycles. The van der Waals surface area contributed by atoms with Crippen LogP contribution in [0, 0.1) is 0 Å². The number of carbonyl (C=O) groups excluding carboxylic acids is 2. The first-order chi connectivity index (χ1) is 8.54. The van der Waals surface area contributed by atoms with Crippen molar-refractivity contribution in [3.63, 3.8) is 0 Å². The Balaban J connectivity index is 2.63. The van der Waals surface area contributed by atoms with Gasteiger partial charge in [-0.25, -0.2) is 0 Å². The van der Waals surface area contributed by atoms with Gasteiger partial charge in [0.15, 0.2) is 0 Å². The van der Waals surface area contributed by atoms with E-state index >= 15 is 0 Å². The van der Waals surface area contributed by atoms with Gasteiger partial charge in [0.25, 0.3) is 0 Å². The number of halogens is 1. The monoisotopic (exact) mass is 267 g/mol. The Kier molecular flexibility index (Phi) is 5.35. The molecule has 0 aliphatic heterocycles. The molecule has 0 aromatic heterocycles. The van der Waals surface area contributed by atoms with E-state index in [2.05, 4.69) is 17.2 Å². The molecule has 0 saturated heterocycles. The summed E-state index contributed by atoms with van der Waals surface area (Å²) in [6, 6.07) is 4.52. The molecule has 5 nitrogen and oxygen atoms in total. The van der Waals surface area contributed by atoms with Crippen LogP contribution in [0.15, 0.2) is 30.9 Å². The predicted molar refractivity (Wildman–Crippen MR) is 71.7 cm³/mol. The third-order valence-electron chi connectivity index (χ3n) is 2.09. The molecule has 2 amide bonds. The number of nitrogens with two attached hydrogens (primary N) is 1. The lowest BCUT2D eigenvalue weighted by molar-refractivity contribution is -0.115. The van der Waals surface area contributed by atoms with Gasteiger partial charge in [0.2, 0.25) is 11.8 Å². The van der Waals surface area contributed by atoms with Crippen LogP contribution in [0.3, 0.4) is 0 Å². The maximum Gasteiger partial charge on any atom is 0.250 e. The molecule has 18 heavy (non-hydrogen) atoms. The first kappa shape index (κ1) is 14.2. The van der Waals surface area contributed by atoms with Crippen molar-refractivity contribution in [1.29, 1.82) is 0 Å². The van der Waals surface area contributed by atoms with Crippen LogP contribution in [0.2, 0.25) is 5.02 Å². The van der Waals surface area contributed by atoms with Crippen molar-refractivity contribution >= 4 is 29.1 Å². The molecule has 4 N–H and O–H groups in total. The number of carbonyl (C=O) groups is 2. The van der Waals surface area contributed by atoms with E-state index in [0.717, 1.165) is 0 Å². The highest BCUT2D eigenvalue weighted by Crippen LogP contribution is 2.20. The zero-order valence-electron chi connectivity index (χ0n) is 9.70. The summed E-state index contributed by atoms with van der Waals surface area (Å²) in [6.07, 6.45) is 1.66. The van der Waals surface area contributed by atoms with Gasteiger partial charge in [-0.2, -0.15) is 0 Å². The largest absolute Gasteiger partial charge is 0.366 e. The van der Waals surface area contributed by atoms with Crippen molar-refractivity contribution in [1.82, 2.24) is 5.32 Å². The summed E-state index contributed by atoms with van der Waals surface area (Å²) in [5.74, 6) is -0.815. The standard InChI is InChI=1S/C12H14ClN3O2/c1-2-5-15-7-11(17)16-8-3-4-9(12(14)18)10(13)6-8/h2-4,6,15H,1,5,7H2,(H2,14,18)(H,16,17). The first-order valence-corrected chi connectivity index (χ1v) is 5.63. The summed E-state index contributed by atoms with van der Waals surface area (Å²) >= 11 is 5.85. The van der Waals surface area contributed by atoms with Gasteiger partial charge in [0.1, 0.15) is 0 Å². The van der Waals surface area contributed by atoms with Gasteiger partial charge in [-0.1, -0.05) is 17.7 Å². The molecule has 1 rings (SSSR count). The highest BCUT2D eigenvalue weighted by atomic mass is 35.5. The maximum atomic E-state index is 11.5. The normalized spacial score (nSPS) is 9.83. The van der Waals surface area contributed by atoms with E-state index in [9.17, 15) is 9.59 Å². The highest BCUT2D eigenvalue weighted by Gasteiger charge is 2.08. The number of hydrogen-bond donors (Lipinski definition) is 3. The van der Waals surface area contributed by atoms with Crippen LogP contribution < -0.4 is 16.4 Å². The quantitative estimate of drug-likeness (QED) is 0.534. The third kappa shape index (κ3) is 4.20. The second kappa shape index (κ2) is 6.78. The molecule has 1 aromatic carbocycles. The van der Waals surface area contributed by atoms with Gasteiger partial charge in [0.05, 0.1) is 17.1 Å². The molecule has 0 saturated carbocycles. The number of anilines is 1. The van der Waals surface area contributed by atoms with Gasteiger partial charge >= 0.3 is 0 Å². The Labute approximate surface area is 110 Å². The van der Waals surface area contributed by atoms with Gasteiger partial charge in [-0.15, -0.1) is 6.58 Å². The Hall–Kier alpha value is -1.85. The van der Waals surface area contributed by atoms with E-state index in [1.165, 1.54) is 12.1 Å². The van der Waals surface area contributed by atoms with E-state index in [-0.39, 0.29) is 23.0 Å². The summed E-state index contributed by atoms with van der Waals surface area (Å²) < 4.78 is 0. The minimum absolute atomic E-state index is 0.168. The van der Waals surface area contributed by atoms with Crippen LogP contribution in [-0.4, -0.2) is 24.9 Å². The topological polar surface area (TPSA) is 84.2 Å². The lowest BCUT2D eigenvalue weighted by Gasteiger charge is -2.07. The van der Waals surface area contributed by atoms with Crippen LogP contribution in [0.4, 0.5) is 5.69 Å². The lowest BCUT2D eigenvalue weighted by Crippen LogP contribution is -2.28. The van der Waals surface area contributed by atoms with Crippen molar-refractivity contribution in [3.8, 4) is 0 Å². The molecule has 96 valence electrons. The maximum absolute atomic E-state index is 11.5. The van der Waals surface area contributed by atoms with Crippen LogP contribution in [0.25, 0.3) is 0 Å². The molecular weight excluding hydrogens is 254 g/mol. The summed E-state index contributed by atoms with van der Waals surface area (Å²) in [6.45, 7) is 4.24. The van der Waals surface area contributed by atoms with E-state index in [4.69, 9.17) is 17.3 Å². The summed E-state index contributed by atoms with van der Waals surface area (Å²) in [7, 11) is 0. The van der Waals surface area contributed by atoms with Gasteiger partial charge < -0.3 is 16.4 Å². The number of nitrogens with one attached hydrogen (secondary N) is 2. The molecule has 0 aliphatic rings. The summed E-state index contributed by atoms with van der Waals surface area (Å²) in [5, 5.41) is 5.71. The molecule has 6 heteroatoms. The number of hydrogen-bond acceptors (Lipinski definition) is 3. The van der Waals surface area contributed by atoms with E-state index in [0.29, 0.717) is 12.2 Å². The SMILES string of the molecule is C=CCNCC(=O)Nc1ccc(C(N)=O)c(Cl)c1. The molecular formula is C12H14ClN3O2. The molecule has 0 heterocycles. The molecule has 0 radical (unpaired) electrons. The smallest absolute Gasteiger partial charge is 0.250 e. The molecule has 0 bridgehead atoms. The fraction of sp³-hybridized carbons (Fsp3) is 0.167. The molecule has 0 spiro atoms. The summed E-state index contributed by atoms with van der Waals surface area (Å²) in [4.78, 5) is 22.4. The average molecular weight is 268 g/mol. The van der Waals surface area contributed by atoms with Crippen molar-refractivity contribution in [3.05, 3.63) is 41.4 Å². The Bertz CT molecular complexity index is 474. The van der Waals surface area contributed by atoms with Crippen molar-refractivity contribution in [2.45, 2.75) is 0 Å². The molecule has 0 atom stereocenters. The number of benzene rings is 1. The number of amides is 2. The lowest BCUT2D eigenvalue weighted by atomic mass is 10.2. The van der Waals surface area contributed by atoms with Gasteiger partial charge in [-0.3, -0.25) is 9.59 Å². The number of primary amides is 1. The van der Waals surface area contributed by atoms with E-state index < -0.39 is 5.91 Å². The van der Waals surface area contributed by atoms with Crippen LogP contribution in [0.5, 0.6) is 0 Å². The van der Waals surface area contributed by atoms with Crippen LogP contribution >= 0.6 is 11.6 Å². The highest BCUT2D eigenvalue weighted by molar-refractivity contribution is 6.34. The zero-order chi connectivity index (χ0) is 13.5. The second-order valence-corrected chi connectivity index (χ2v) is 3.93. The predicted octanol–water partition coefficient (Wildman–Crippen LogP) is 1.15. The Morgan fingerprint density at radius 1 is 1.44 bits per heavy atom. The number of rotatable bonds is 6. The first-order valence-electron chi connectivity index (χ1n) is 5.25. The molecule has 0 unspecified atom stereocenters. The Morgan fingerprint density at radius 3 is 2.72 bits per heavy atom. The fourth-order valence-corrected chi connectivity index (χ4v) is 1.56. The average Bonchev–Trinajstić information content (AvgIpc) is 2.28. The fourth-order valence-electron chi connectivity index (χ4n) is 1.29. The molecule has 0 fully saturated rings. The Morgan fingerprint density at radius 2 is 2.17 bits per heavy atom. The van der Waals surface area contributed by atoms with Crippen LogP contribution in [-0.2, 0) is 4.79 Å². The van der Waals surface area contributed by atoms with Crippen molar-refractivity contribution < 1.29 is 9.59 Å². The van der Waals surface area contributed by atoms with Crippen molar-refractivity contribution in [2.24, 2.45) is 5.73 Å². The summed E-state index contributed by atoms with van der Waals surface area (Å²) in [5.41, 5.74) is 5.85. The van der Waals surface area contributed by atoms with E-state index in [1.807, 2.05) is 0 Å². The van der Waals surface area contributed by atoms with Gasteiger partial charge in [0, 0.05) is 12.2 Å². The minimum atomic E-state index is -0.606. The van der Waals surface area contributed by atoms with Gasteiger partial charge in [-0.05, 0) is 18.2 Å². The van der Waals surface area contributed by atoms with E-state index in [1.54, 1.807) is 12.1 Å². The zero-order valence-corrected chi connectivity index (χ0v) is 10.5.